The van der Waals surface area contributed by atoms with Crippen LogP contribution < -0.4 is 5.32 Å². The van der Waals surface area contributed by atoms with Crippen LogP contribution in [0.4, 0.5) is 10.1 Å². The smallest absolute Gasteiger partial charge is 0.346 e. The number of carbonyl (C=O) groups is 2. The van der Waals surface area contributed by atoms with E-state index in [2.05, 4.69) is 5.32 Å². The van der Waals surface area contributed by atoms with Crippen molar-refractivity contribution in [3.8, 4) is 11.1 Å². The minimum Gasteiger partial charge on any atom is -0.477 e. The highest BCUT2D eigenvalue weighted by Crippen LogP contribution is 2.49. The quantitative estimate of drug-likeness (QED) is 0.668. The van der Waals surface area contributed by atoms with Crippen LogP contribution in [0.5, 0.6) is 0 Å². The largest absolute Gasteiger partial charge is 0.477 e. The Morgan fingerprint density at radius 2 is 2.00 bits per heavy atom. The molecule has 2 heterocycles. The maximum Gasteiger partial charge on any atom is 0.346 e. The van der Waals surface area contributed by atoms with Gasteiger partial charge in [-0.1, -0.05) is 36.4 Å². The fourth-order valence-corrected chi connectivity index (χ4v) is 4.82. The van der Waals surface area contributed by atoms with E-state index in [1.165, 1.54) is 18.2 Å². The molecule has 1 atom stereocenters. The summed E-state index contributed by atoms with van der Waals surface area (Å²) in [6.45, 7) is 1.97. The van der Waals surface area contributed by atoms with Crippen LogP contribution in [0.25, 0.3) is 11.1 Å². The van der Waals surface area contributed by atoms with Gasteiger partial charge in [-0.15, -0.1) is 11.3 Å². The number of nitrogens with one attached hydrogen (secondary N) is 1. The van der Waals surface area contributed by atoms with Gasteiger partial charge in [-0.2, -0.15) is 0 Å². The monoisotopic (exact) mass is 381 g/mol. The average Bonchev–Trinajstić information content (AvgIpc) is 3.01. The topological polar surface area (TPSA) is 66.4 Å². The molecule has 2 N–H and O–H groups in total. The van der Waals surface area contributed by atoms with Crippen molar-refractivity contribution < 1.29 is 19.1 Å². The van der Waals surface area contributed by atoms with Gasteiger partial charge in [0.1, 0.15) is 10.7 Å². The third-order valence-corrected chi connectivity index (χ3v) is 6.07. The second-order valence-corrected chi connectivity index (χ2v) is 7.57. The van der Waals surface area contributed by atoms with Crippen LogP contribution in [0, 0.1) is 12.7 Å². The number of carbonyl (C=O) groups excluding carboxylic acids is 1. The molecule has 3 aromatic rings. The van der Waals surface area contributed by atoms with E-state index in [1.54, 1.807) is 6.07 Å². The number of anilines is 1. The molecular weight excluding hydrogens is 365 g/mol. The standard InChI is InChI=1S/C21H16FNO3S/c1-11-5-2-3-8-14(11)15-10-16(24)23-18-17(12-6-4-7-13(22)9-12)20(21(25)26)27-19(15)18/h2-9,15H,10H2,1H3,(H,23,24)(H,25,26). The van der Waals surface area contributed by atoms with Crippen LogP contribution in [0.2, 0.25) is 0 Å². The molecule has 0 spiro atoms. The normalized spacial score (nSPS) is 15.9. The number of thiophene rings is 1. The fraction of sp³-hybridized carbons (Fsp3) is 0.143. The molecule has 136 valence electrons. The Morgan fingerprint density at radius 3 is 2.70 bits per heavy atom. The third kappa shape index (κ3) is 3.02. The number of carboxylic acids is 1. The Labute approximate surface area is 159 Å². The molecule has 0 radical (unpaired) electrons. The summed E-state index contributed by atoms with van der Waals surface area (Å²) >= 11 is 1.15. The zero-order valence-corrected chi connectivity index (χ0v) is 15.3. The minimum absolute atomic E-state index is 0.103. The van der Waals surface area contributed by atoms with Crippen molar-refractivity contribution in [3.05, 3.63) is 75.2 Å². The van der Waals surface area contributed by atoms with E-state index in [0.717, 1.165) is 27.3 Å². The van der Waals surface area contributed by atoms with E-state index in [1.807, 2.05) is 31.2 Å². The lowest BCUT2D eigenvalue weighted by Gasteiger charge is -2.25. The molecule has 4 nitrogen and oxygen atoms in total. The Balaban J connectivity index is 1.97. The van der Waals surface area contributed by atoms with E-state index in [9.17, 15) is 19.1 Å². The van der Waals surface area contributed by atoms with Gasteiger partial charge in [0.15, 0.2) is 0 Å². The Bertz CT molecular complexity index is 1070. The molecule has 2 aromatic carbocycles. The second-order valence-electron chi connectivity index (χ2n) is 6.52. The van der Waals surface area contributed by atoms with Crippen molar-refractivity contribution in [2.24, 2.45) is 0 Å². The number of carboxylic acid groups (broad SMARTS) is 1. The first-order valence-electron chi connectivity index (χ1n) is 8.47. The molecule has 0 saturated carbocycles. The number of hydrogen-bond donors (Lipinski definition) is 2. The van der Waals surface area contributed by atoms with Crippen LogP contribution >= 0.6 is 11.3 Å². The number of fused-ring (bicyclic) bond motifs is 1. The summed E-state index contributed by atoms with van der Waals surface area (Å²) in [6.07, 6.45) is 0.250. The zero-order valence-electron chi connectivity index (χ0n) is 14.5. The van der Waals surface area contributed by atoms with Crippen LogP contribution in [-0.4, -0.2) is 17.0 Å². The highest BCUT2D eigenvalue weighted by molar-refractivity contribution is 7.15. The maximum absolute atomic E-state index is 13.8. The molecule has 0 saturated heterocycles. The minimum atomic E-state index is -1.09. The van der Waals surface area contributed by atoms with Crippen LogP contribution in [0.15, 0.2) is 48.5 Å². The van der Waals surface area contributed by atoms with E-state index in [0.29, 0.717) is 16.8 Å². The van der Waals surface area contributed by atoms with Crippen molar-refractivity contribution in [1.29, 1.82) is 0 Å². The van der Waals surface area contributed by atoms with Gasteiger partial charge in [0, 0.05) is 22.8 Å². The van der Waals surface area contributed by atoms with Crippen LogP contribution in [0.3, 0.4) is 0 Å². The molecule has 27 heavy (non-hydrogen) atoms. The lowest BCUT2D eigenvalue weighted by Crippen LogP contribution is -2.22. The van der Waals surface area contributed by atoms with Gasteiger partial charge in [-0.05, 0) is 35.7 Å². The van der Waals surface area contributed by atoms with E-state index < -0.39 is 11.8 Å². The summed E-state index contributed by atoms with van der Waals surface area (Å²) in [5.41, 5.74) is 3.33. The van der Waals surface area contributed by atoms with Gasteiger partial charge in [0.25, 0.3) is 0 Å². The molecule has 1 unspecified atom stereocenters. The van der Waals surface area contributed by atoms with Crippen molar-refractivity contribution in [3.63, 3.8) is 0 Å². The second kappa shape index (κ2) is 6.63. The number of benzene rings is 2. The lowest BCUT2D eigenvalue weighted by molar-refractivity contribution is -0.116. The van der Waals surface area contributed by atoms with E-state index >= 15 is 0 Å². The summed E-state index contributed by atoms with van der Waals surface area (Å²) in [5, 5.41) is 12.6. The Kier molecular flexibility index (Phi) is 4.28. The first-order valence-corrected chi connectivity index (χ1v) is 9.28. The molecule has 0 aliphatic carbocycles. The van der Waals surface area contributed by atoms with Crippen molar-refractivity contribution in [2.45, 2.75) is 19.3 Å². The van der Waals surface area contributed by atoms with Crippen molar-refractivity contribution in [2.75, 3.05) is 5.32 Å². The van der Waals surface area contributed by atoms with Gasteiger partial charge >= 0.3 is 5.97 Å². The van der Waals surface area contributed by atoms with Gasteiger partial charge in [-0.3, -0.25) is 4.79 Å². The van der Waals surface area contributed by atoms with Gasteiger partial charge in [-0.25, -0.2) is 9.18 Å². The number of aryl methyl sites for hydroxylation is 1. The van der Waals surface area contributed by atoms with E-state index in [-0.39, 0.29) is 23.1 Å². The first kappa shape index (κ1) is 17.4. The maximum atomic E-state index is 13.8. The SMILES string of the molecule is Cc1ccccc1C1CC(=O)Nc2c1sc(C(=O)O)c2-c1cccc(F)c1. The number of amides is 1. The predicted octanol–water partition coefficient (Wildman–Crippen LogP) is 5.03. The molecular formula is C21H16FNO3S. The van der Waals surface area contributed by atoms with Gasteiger partial charge in [0.05, 0.1) is 5.69 Å². The van der Waals surface area contributed by atoms with Crippen molar-refractivity contribution >= 4 is 28.9 Å². The average molecular weight is 381 g/mol. The molecule has 1 aliphatic heterocycles. The molecule has 0 bridgehead atoms. The highest BCUT2D eigenvalue weighted by atomic mass is 32.1. The summed E-state index contributed by atoms with van der Waals surface area (Å²) < 4.78 is 13.8. The lowest BCUT2D eigenvalue weighted by atomic mass is 9.86. The predicted molar refractivity (Wildman–Crippen MR) is 103 cm³/mol. The van der Waals surface area contributed by atoms with Crippen LogP contribution in [0.1, 0.15) is 38.0 Å². The fourth-order valence-electron chi connectivity index (χ4n) is 3.59. The number of aromatic carboxylic acids is 1. The highest BCUT2D eigenvalue weighted by Gasteiger charge is 2.34. The summed E-state index contributed by atoms with van der Waals surface area (Å²) in [4.78, 5) is 25.2. The summed E-state index contributed by atoms with van der Waals surface area (Å²) in [5.74, 6) is -1.95. The van der Waals surface area contributed by atoms with Gasteiger partial charge < -0.3 is 10.4 Å². The molecule has 1 amide bonds. The van der Waals surface area contributed by atoms with E-state index in [4.69, 9.17) is 0 Å². The number of rotatable bonds is 3. The Morgan fingerprint density at radius 1 is 1.22 bits per heavy atom. The summed E-state index contributed by atoms with van der Waals surface area (Å²) in [7, 11) is 0. The number of hydrogen-bond acceptors (Lipinski definition) is 3. The molecule has 1 aliphatic rings. The first-order chi connectivity index (χ1) is 13.0. The zero-order chi connectivity index (χ0) is 19.1. The molecule has 4 rings (SSSR count). The van der Waals surface area contributed by atoms with Crippen LogP contribution in [-0.2, 0) is 4.79 Å². The Hall–Kier alpha value is -2.99. The number of halogens is 1. The molecule has 0 fully saturated rings. The van der Waals surface area contributed by atoms with Gasteiger partial charge in [0.2, 0.25) is 5.91 Å². The third-order valence-electron chi connectivity index (χ3n) is 4.78. The van der Waals surface area contributed by atoms with Crippen molar-refractivity contribution in [1.82, 2.24) is 0 Å². The molecule has 1 aromatic heterocycles. The summed E-state index contributed by atoms with van der Waals surface area (Å²) in [6, 6.07) is 13.6. The molecule has 6 heteroatoms.